The Bertz CT molecular complexity index is 444. The van der Waals surface area contributed by atoms with Gasteiger partial charge in [-0.15, -0.1) is 0 Å². The van der Waals surface area contributed by atoms with Crippen molar-refractivity contribution in [3.63, 3.8) is 0 Å². The Morgan fingerprint density at radius 3 is 1.65 bits per heavy atom. The van der Waals surface area contributed by atoms with Crippen LogP contribution in [0.2, 0.25) is 0 Å². The van der Waals surface area contributed by atoms with Gasteiger partial charge in [-0.05, 0) is 0 Å². The minimum atomic E-state index is -4.11. The number of nitrogens with two attached hydrogens (primary N) is 1. The van der Waals surface area contributed by atoms with E-state index in [2.05, 4.69) is 8.37 Å². The van der Waals surface area contributed by atoms with Crippen molar-refractivity contribution in [2.75, 3.05) is 12.5 Å². The van der Waals surface area contributed by atoms with Crippen molar-refractivity contribution in [3.8, 4) is 0 Å². The molecule has 0 aliphatic carbocycles. The minimum absolute atomic E-state index is 0.230. The summed E-state index contributed by atoms with van der Waals surface area (Å²) in [6.45, 7) is 1.58. The van der Waals surface area contributed by atoms with Gasteiger partial charge in [-0.25, -0.2) is 8.37 Å². The van der Waals surface area contributed by atoms with E-state index in [0.29, 0.717) is 12.5 Å². The fourth-order valence-electron chi connectivity index (χ4n) is 1.12. The zero-order chi connectivity index (χ0) is 13.9. The average Bonchev–Trinajstić information content (AvgIpc) is 1.96. The molecular formula is C7H15NO7S2. The zero-order valence-corrected chi connectivity index (χ0v) is 11.3. The van der Waals surface area contributed by atoms with E-state index >= 15 is 0 Å². The third-order valence-electron chi connectivity index (χ3n) is 1.53. The van der Waals surface area contributed by atoms with Gasteiger partial charge in [-0.3, -0.25) is 4.79 Å². The SMILES string of the molecule is CCCC(OS(C)(=O)=O)(OS(C)(=O)=O)C(N)=O. The van der Waals surface area contributed by atoms with Gasteiger partial charge in [0.25, 0.3) is 31.9 Å². The molecule has 0 saturated heterocycles. The zero-order valence-electron chi connectivity index (χ0n) is 9.67. The molecule has 0 unspecified atom stereocenters. The topological polar surface area (TPSA) is 130 Å². The van der Waals surface area contributed by atoms with Crippen LogP contribution >= 0.6 is 0 Å². The van der Waals surface area contributed by atoms with Gasteiger partial charge in [0.15, 0.2) is 0 Å². The van der Waals surface area contributed by atoms with Gasteiger partial charge >= 0.3 is 0 Å². The summed E-state index contributed by atoms with van der Waals surface area (Å²) in [5, 5.41) is 0. The highest BCUT2D eigenvalue weighted by Crippen LogP contribution is 2.24. The maximum absolute atomic E-state index is 11.2. The lowest BCUT2D eigenvalue weighted by Gasteiger charge is -2.27. The van der Waals surface area contributed by atoms with Crippen LogP contribution in [0.1, 0.15) is 19.8 Å². The second kappa shape index (κ2) is 5.29. The number of carbonyl (C=O) groups is 1. The number of hydrogen-bond acceptors (Lipinski definition) is 7. The molecule has 102 valence electrons. The van der Waals surface area contributed by atoms with E-state index in [4.69, 9.17) is 5.73 Å². The molecule has 0 aromatic rings. The molecule has 0 aromatic carbocycles. The Hall–Kier alpha value is -0.710. The quantitative estimate of drug-likeness (QED) is 0.466. The van der Waals surface area contributed by atoms with Gasteiger partial charge in [0.2, 0.25) is 0 Å². The van der Waals surface area contributed by atoms with E-state index in [0.717, 1.165) is 0 Å². The first kappa shape index (κ1) is 16.3. The van der Waals surface area contributed by atoms with Crippen molar-refractivity contribution in [3.05, 3.63) is 0 Å². The molecule has 0 aliphatic rings. The molecule has 0 spiro atoms. The summed E-state index contributed by atoms with van der Waals surface area (Å²) in [5.74, 6) is -3.84. The van der Waals surface area contributed by atoms with E-state index in [9.17, 15) is 21.6 Å². The standard InChI is InChI=1S/C7H15NO7S2/c1-4-5-7(6(8)9,14-16(2,10)11)15-17(3,12)13/h4-5H2,1-3H3,(H2,8,9). The van der Waals surface area contributed by atoms with Gasteiger partial charge in [0.05, 0.1) is 12.5 Å². The minimum Gasteiger partial charge on any atom is -0.365 e. The van der Waals surface area contributed by atoms with Crippen LogP contribution in [0.3, 0.4) is 0 Å². The molecule has 0 fully saturated rings. The van der Waals surface area contributed by atoms with E-state index < -0.39 is 31.9 Å². The molecule has 0 aromatic heterocycles. The highest BCUT2D eigenvalue weighted by atomic mass is 32.2. The Labute approximate surface area is 100 Å². The van der Waals surface area contributed by atoms with Gasteiger partial charge in [-0.2, -0.15) is 16.8 Å². The summed E-state index contributed by atoms with van der Waals surface area (Å²) in [5.41, 5.74) is 4.95. The monoisotopic (exact) mass is 289 g/mol. The maximum Gasteiger partial charge on any atom is 0.281 e. The lowest BCUT2D eigenvalue weighted by molar-refractivity contribution is -0.162. The van der Waals surface area contributed by atoms with Crippen molar-refractivity contribution in [1.82, 2.24) is 0 Å². The maximum atomic E-state index is 11.2. The lowest BCUT2D eigenvalue weighted by atomic mass is 10.1. The molecule has 8 nitrogen and oxygen atoms in total. The Morgan fingerprint density at radius 2 is 1.47 bits per heavy atom. The molecule has 0 saturated carbocycles. The molecule has 1 amide bonds. The van der Waals surface area contributed by atoms with Crippen LogP contribution < -0.4 is 5.73 Å². The van der Waals surface area contributed by atoms with Crippen LogP contribution in [0, 0.1) is 0 Å². The summed E-state index contributed by atoms with van der Waals surface area (Å²) < 4.78 is 52.8. The smallest absolute Gasteiger partial charge is 0.281 e. The highest BCUT2D eigenvalue weighted by Gasteiger charge is 2.45. The average molecular weight is 289 g/mol. The molecule has 10 heteroatoms. The summed E-state index contributed by atoms with van der Waals surface area (Å²) >= 11 is 0. The van der Waals surface area contributed by atoms with Crippen LogP contribution in [0.4, 0.5) is 0 Å². The first-order valence-corrected chi connectivity index (χ1v) is 8.16. The van der Waals surface area contributed by atoms with Crippen molar-refractivity contribution >= 4 is 26.1 Å². The molecule has 2 N–H and O–H groups in total. The Balaban J connectivity index is 5.51. The van der Waals surface area contributed by atoms with E-state index in [1.165, 1.54) is 0 Å². The molecule has 0 bridgehead atoms. The Kier molecular flexibility index (Phi) is 5.07. The fourth-order valence-corrected chi connectivity index (χ4v) is 2.54. The number of carbonyl (C=O) groups excluding carboxylic acids is 1. The fraction of sp³-hybridized carbons (Fsp3) is 0.857. The Morgan fingerprint density at radius 1 is 1.12 bits per heavy atom. The number of amides is 1. The first-order valence-electron chi connectivity index (χ1n) is 4.53. The van der Waals surface area contributed by atoms with E-state index in [1.54, 1.807) is 6.92 Å². The normalized spacial score (nSPS) is 13.6. The van der Waals surface area contributed by atoms with Gasteiger partial charge < -0.3 is 5.73 Å². The number of hydrogen-bond donors (Lipinski definition) is 1. The van der Waals surface area contributed by atoms with Crippen LogP contribution in [0.25, 0.3) is 0 Å². The van der Waals surface area contributed by atoms with Crippen LogP contribution in [-0.4, -0.2) is 41.0 Å². The third-order valence-corrected chi connectivity index (χ3v) is 2.67. The molecule has 0 aliphatic heterocycles. The molecule has 0 radical (unpaired) electrons. The van der Waals surface area contributed by atoms with Crippen molar-refractivity contribution < 1.29 is 30.0 Å². The summed E-state index contributed by atoms with van der Waals surface area (Å²) in [4.78, 5) is 11.2. The lowest BCUT2D eigenvalue weighted by Crippen LogP contribution is -2.50. The molecular weight excluding hydrogens is 274 g/mol. The molecule has 17 heavy (non-hydrogen) atoms. The largest absolute Gasteiger partial charge is 0.365 e. The van der Waals surface area contributed by atoms with Gasteiger partial charge in [0, 0.05) is 6.42 Å². The second-order valence-electron chi connectivity index (χ2n) is 3.44. The number of primary amides is 1. The summed E-state index contributed by atoms with van der Waals surface area (Å²) in [6, 6.07) is 0. The van der Waals surface area contributed by atoms with Crippen molar-refractivity contribution in [1.29, 1.82) is 0 Å². The van der Waals surface area contributed by atoms with Crippen molar-refractivity contribution in [2.24, 2.45) is 5.73 Å². The highest BCUT2D eigenvalue weighted by molar-refractivity contribution is 7.86. The van der Waals surface area contributed by atoms with Crippen LogP contribution in [0.15, 0.2) is 0 Å². The second-order valence-corrected chi connectivity index (χ2v) is 6.59. The van der Waals surface area contributed by atoms with Crippen LogP contribution in [-0.2, 0) is 33.4 Å². The third kappa shape index (κ3) is 5.96. The van der Waals surface area contributed by atoms with E-state index in [1.807, 2.05) is 0 Å². The molecule has 0 rings (SSSR count). The first-order chi connectivity index (χ1) is 7.42. The number of rotatable bonds is 7. The molecule has 0 atom stereocenters. The van der Waals surface area contributed by atoms with Crippen LogP contribution in [0.5, 0.6) is 0 Å². The van der Waals surface area contributed by atoms with Gasteiger partial charge in [0.1, 0.15) is 0 Å². The summed E-state index contributed by atoms with van der Waals surface area (Å²) in [7, 11) is -8.22. The predicted octanol–water partition coefficient (Wildman–Crippen LogP) is -1.08. The predicted molar refractivity (Wildman–Crippen MR) is 58.7 cm³/mol. The molecule has 0 heterocycles. The van der Waals surface area contributed by atoms with Gasteiger partial charge in [-0.1, -0.05) is 13.3 Å². The van der Waals surface area contributed by atoms with E-state index in [-0.39, 0.29) is 12.8 Å². The van der Waals surface area contributed by atoms with Crippen molar-refractivity contribution in [2.45, 2.75) is 25.6 Å². The summed E-state index contributed by atoms with van der Waals surface area (Å²) in [6.07, 6.45) is 1.24.